The van der Waals surface area contributed by atoms with Gasteiger partial charge in [0, 0.05) is 44.3 Å². The van der Waals surface area contributed by atoms with Crippen LogP contribution in [-0.2, 0) is 11.3 Å². The van der Waals surface area contributed by atoms with E-state index in [0.29, 0.717) is 19.5 Å². The van der Waals surface area contributed by atoms with Crippen LogP contribution in [0, 0.1) is 0 Å². The van der Waals surface area contributed by atoms with Gasteiger partial charge < -0.3 is 9.64 Å². The van der Waals surface area contributed by atoms with Crippen molar-refractivity contribution in [1.29, 1.82) is 0 Å². The first-order valence-electron chi connectivity index (χ1n) is 6.60. The summed E-state index contributed by atoms with van der Waals surface area (Å²) in [5.41, 5.74) is 8.88. The SMILES string of the molecule is COC1CCN(c2cnn(CCCN=[N+]=[N-])c(=O)c2)C1. The Labute approximate surface area is 116 Å². The van der Waals surface area contributed by atoms with E-state index in [1.807, 2.05) is 0 Å². The van der Waals surface area contributed by atoms with Crippen molar-refractivity contribution in [3.63, 3.8) is 0 Å². The fraction of sp³-hybridized carbons (Fsp3) is 0.667. The summed E-state index contributed by atoms with van der Waals surface area (Å²) in [7, 11) is 1.70. The second-order valence-electron chi connectivity index (χ2n) is 4.68. The van der Waals surface area contributed by atoms with E-state index in [4.69, 9.17) is 10.3 Å². The standard InChI is InChI=1S/C12H18N6O2/c1-20-11-3-6-17(9-11)10-7-12(19)18(15-8-10)5-2-4-14-16-13/h7-8,11H,2-6,9H2,1H3. The average molecular weight is 278 g/mol. The van der Waals surface area contributed by atoms with Gasteiger partial charge in [0.2, 0.25) is 0 Å². The Hall–Kier alpha value is -2.05. The molecule has 8 nitrogen and oxygen atoms in total. The summed E-state index contributed by atoms with van der Waals surface area (Å²) >= 11 is 0. The van der Waals surface area contributed by atoms with Crippen molar-refractivity contribution in [1.82, 2.24) is 9.78 Å². The molecule has 1 unspecified atom stereocenters. The van der Waals surface area contributed by atoms with E-state index in [1.165, 1.54) is 4.68 Å². The summed E-state index contributed by atoms with van der Waals surface area (Å²) < 4.78 is 6.70. The topological polar surface area (TPSA) is 96.1 Å². The summed E-state index contributed by atoms with van der Waals surface area (Å²) in [6, 6.07) is 1.60. The molecule has 0 bridgehead atoms. The van der Waals surface area contributed by atoms with Crippen LogP contribution >= 0.6 is 0 Å². The van der Waals surface area contributed by atoms with E-state index in [2.05, 4.69) is 20.0 Å². The van der Waals surface area contributed by atoms with Crippen molar-refractivity contribution in [3.05, 3.63) is 33.1 Å². The molecule has 0 saturated carbocycles. The summed E-state index contributed by atoms with van der Waals surface area (Å²) in [5, 5.41) is 7.59. The molecule has 108 valence electrons. The lowest BCUT2D eigenvalue weighted by Gasteiger charge is -2.18. The number of rotatable bonds is 6. The first-order chi connectivity index (χ1) is 9.74. The van der Waals surface area contributed by atoms with Crippen molar-refractivity contribution in [2.75, 3.05) is 31.6 Å². The third-order valence-corrected chi connectivity index (χ3v) is 3.39. The molecule has 0 spiro atoms. The highest BCUT2D eigenvalue weighted by atomic mass is 16.5. The van der Waals surface area contributed by atoms with Crippen molar-refractivity contribution >= 4 is 5.69 Å². The molecule has 20 heavy (non-hydrogen) atoms. The van der Waals surface area contributed by atoms with Crippen LogP contribution in [0.2, 0.25) is 0 Å². The van der Waals surface area contributed by atoms with E-state index in [9.17, 15) is 4.79 Å². The van der Waals surface area contributed by atoms with Gasteiger partial charge in [0.25, 0.3) is 5.56 Å². The minimum absolute atomic E-state index is 0.135. The number of nitrogens with zero attached hydrogens (tertiary/aromatic N) is 6. The third kappa shape index (κ3) is 3.49. The predicted molar refractivity (Wildman–Crippen MR) is 74.8 cm³/mol. The number of ether oxygens (including phenoxy) is 1. The summed E-state index contributed by atoms with van der Waals surface area (Å²) in [4.78, 5) is 16.7. The zero-order valence-electron chi connectivity index (χ0n) is 11.5. The number of azide groups is 1. The molecule has 1 saturated heterocycles. The molecule has 0 N–H and O–H groups in total. The molecule has 1 aliphatic heterocycles. The lowest BCUT2D eigenvalue weighted by molar-refractivity contribution is 0.121. The van der Waals surface area contributed by atoms with Crippen molar-refractivity contribution in [2.24, 2.45) is 5.11 Å². The number of hydrogen-bond acceptors (Lipinski definition) is 5. The largest absolute Gasteiger partial charge is 0.380 e. The first-order valence-corrected chi connectivity index (χ1v) is 6.60. The van der Waals surface area contributed by atoms with Crippen LogP contribution < -0.4 is 10.5 Å². The van der Waals surface area contributed by atoms with Crippen molar-refractivity contribution in [3.8, 4) is 0 Å². The number of hydrogen-bond donors (Lipinski definition) is 0. The first kappa shape index (κ1) is 14.4. The quantitative estimate of drug-likeness (QED) is 0.337. The van der Waals surface area contributed by atoms with Gasteiger partial charge in [-0.2, -0.15) is 5.10 Å². The fourth-order valence-electron chi connectivity index (χ4n) is 2.26. The highest BCUT2D eigenvalue weighted by Gasteiger charge is 2.22. The summed E-state index contributed by atoms with van der Waals surface area (Å²) in [6.07, 6.45) is 3.49. The van der Waals surface area contributed by atoms with Crippen LogP contribution in [0.3, 0.4) is 0 Å². The molecule has 2 rings (SSSR count). The van der Waals surface area contributed by atoms with Crippen LogP contribution in [-0.4, -0.2) is 42.6 Å². The van der Waals surface area contributed by atoms with Gasteiger partial charge in [-0.25, -0.2) is 4.68 Å². The van der Waals surface area contributed by atoms with E-state index < -0.39 is 0 Å². The van der Waals surface area contributed by atoms with E-state index in [0.717, 1.165) is 25.2 Å². The van der Waals surface area contributed by atoms with Gasteiger partial charge in [0.05, 0.1) is 18.0 Å². The molecule has 0 aliphatic carbocycles. The second-order valence-corrected chi connectivity index (χ2v) is 4.68. The van der Waals surface area contributed by atoms with Gasteiger partial charge in [-0.15, -0.1) is 0 Å². The Balaban J connectivity index is 1.99. The van der Waals surface area contributed by atoms with Crippen LogP contribution in [0.5, 0.6) is 0 Å². The minimum atomic E-state index is -0.135. The minimum Gasteiger partial charge on any atom is -0.380 e. The molecule has 0 aromatic carbocycles. The molecule has 8 heteroatoms. The number of methoxy groups -OCH3 is 1. The van der Waals surface area contributed by atoms with Gasteiger partial charge in [0.15, 0.2) is 0 Å². The zero-order chi connectivity index (χ0) is 14.4. The van der Waals surface area contributed by atoms with Gasteiger partial charge in [-0.3, -0.25) is 4.79 Å². The molecule has 1 aliphatic rings. The lowest BCUT2D eigenvalue weighted by atomic mass is 10.3. The van der Waals surface area contributed by atoms with E-state index in [1.54, 1.807) is 19.4 Å². The summed E-state index contributed by atoms with van der Waals surface area (Å²) in [6.45, 7) is 2.49. The Bertz CT molecular complexity index is 551. The highest BCUT2D eigenvalue weighted by Crippen LogP contribution is 2.19. The smallest absolute Gasteiger partial charge is 0.268 e. The molecule has 2 heterocycles. The van der Waals surface area contributed by atoms with Crippen LogP contribution in [0.25, 0.3) is 10.4 Å². The second kappa shape index (κ2) is 6.93. The maximum absolute atomic E-state index is 12.0. The Morgan fingerprint density at radius 1 is 1.65 bits per heavy atom. The molecular formula is C12H18N6O2. The van der Waals surface area contributed by atoms with Crippen molar-refractivity contribution < 1.29 is 4.74 Å². The van der Waals surface area contributed by atoms with Crippen LogP contribution in [0.15, 0.2) is 22.2 Å². The van der Waals surface area contributed by atoms with Crippen molar-refractivity contribution in [2.45, 2.75) is 25.5 Å². The maximum atomic E-state index is 12.0. The predicted octanol–water partition coefficient (Wildman–Crippen LogP) is 1.17. The molecule has 1 aromatic rings. The highest BCUT2D eigenvalue weighted by molar-refractivity contribution is 5.44. The number of anilines is 1. The molecule has 0 radical (unpaired) electrons. The third-order valence-electron chi connectivity index (χ3n) is 3.39. The van der Waals surface area contributed by atoms with E-state index >= 15 is 0 Å². The zero-order valence-corrected chi connectivity index (χ0v) is 11.5. The molecule has 1 fully saturated rings. The fourth-order valence-corrected chi connectivity index (χ4v) is 2.26. The van der Waals surface area contributed by atoms with Crippen LogP contribution in [0.1, 0.15) is 12.8 Å². The number of aromatic nitrogens is 2. The van der Waals surface area contributed by atoms with E-state index in [-0.39, 0.29) is 11.7 Å². The summed E-state index contributed by atoms with van der Waals surface area (Å²) in [5.74, 6) is 0. The van der Waals surface area contributed by atoms with Gasteiger partial charge in [-0.1, -0.05) is 5.11 Å². The monoisotopic (exact) mass is 278 g/mol. The molecule has 0 amide bonds. The number of aryl methyl sites for hydroxylation is 1. The molecule has 1 aromatic heterocycles. The normalized spacial score (nSPS) is 18.1. The van der Waals surface area contributed by atoms with Gasteiger partial charge >= 0.3 is 0 Å². The Morgan fingerprint density at radius 2 is 2.50 bits per heavy atom. The molecule has 1 atom stereocenters. The van der Waals surface area contributed by atoms with Gasteiger partial charge in [0.1, 0.15) is 0 Å². The molecular weight excluding hydrogens is 260 g/mol. The average Bonchev–Trinajstić information content (AvgIpc) is 2.94. The Kier molecular flexibility index (Phi) is 4.97. The Morgan fingerprint density at radius 3 is 3.15 bits per heavy atom. The maximum Gasteiger partial charge on any atom is 0.268 e. The lowest BCUT2D eigenvalue weighted by Crippen LogP contribution is -2.27. The van der Waals surface area contributed by atoms with Gasteiger partial charge in [-0.05, 0) is 18.4 Å². The van der Waals surface area contributed by atoms with Crippen LogP contribution in [0.4, 0.5) is 5.69 Å².